The molecule has 1 amide bonds. The maximum absolute atomic E-state index is 11.3. The van der Waals surface area contributed by atoms with Gasteiger partial charge in [-0.05, 0) is 18.6 Å². The van der Waals surface area contributed by atoms with Crippen LogP contribution in [0.4, 0.5) is 5.82 Å². The normalized spacial score (nSPS) is 21.2. The maximum atomic E-state index is 11.3. The van der Waals surface area contributed by atoms with E-state index in [4.69, 9.17) is 10.5 Å². The van der Waals surface area contributed by atoms with Gasteiger partial charge in [-0.15, -0.1) is 0 Å². The average molecular weight is 293 g/mol. The van der Waals surface area contributed by atoms with Crippen molar-refractivity contribution in [3.05, 3.63) is 23.9 Å². The Morgan fingerprint density at radius 2 is 2.24 bits per heavy atom. The van der Waals surface area contributed by atoms with E-state index < -0.39 is 17.8 Å². The van der Waals surface area contributed by atoms with Crippen molar-refractivity contribution in [2.24, 2.45) is 11.7 Å². The minimum atomic E-state index is -0.868. The Balaban J connectivity index is 2.25. The Bertz CT molecular complexity index is 517. The largest absolute Gasteiger partial charge is 0.481 e. The summed E-state index contributed by atoms with van der Waals surface area (Å²) in [6, 6.07) is 3.03. The summed E-state index contributed by atoms with van der Waals surface area (Å²) in [7, 11) is 0. The number of primary amides is 1. The topological polar surface area (TPSA) is 106 Å². The molecular weight excluding hydrogens is 274 g/mol. The molecule has 21 heavy (non-hydrogen) atoms. The highest BCUT2D eigenvalue weighted by Gasteiger charge is 2.38. The Labute approximate surface area is 122 Å². The van der Waals surface area contributed by atoms with Gasteiger partial charge < -0.3 is 20.5 Å². The molecule has 2 unspecified atom stereocenters. The van der Waals surface area contributed by atoms with E-state index in [0.29, 0.717) is 24.5 Å². The smallest absolute Gasteiger partial charge is 0.311 e. The molecule has 1 aromatic heterocycles. The number of carboxylic acid groups (broad SMARTS) is 1. The van der Waals surface area contributed by atoms with Crippen LogP contribution in [0.1, 0.15) is 23.7 Å². The van der Waals surface area contributed by atoms with Crippen molar-refractivity contribution >= 4 is 17.7 Å². The monoisotopic (exact) mass is 293 g/mol. The van der Waals surface area contributed by atoms with Crippen LogP contribution in [0.25, 0.3) is 0 Å². The number of carbonyl (C=O) groups excluding carboxylic acids is 1. The summed E-state index contributed by atoms with van der Waals surface area (Å²) in [5.74, 6) is -1.35. The summed E-state index contributed by atoms with van der Waals surface area (Å²) in [4.78, 5) is 28.5. The lowest BCUT2D eigenvalue weighted by molar-refractivity contribution is -0.142. The minimum absolute atomic E-state index is 0.208. The Hall–Kier alpha value is -2.15. The van der Waals surface area contributed by atoms with E-state index in [1.807, 2.05) is 11.8 Å². The molecule has 0 radical (unpaired) electrons. The first-order valence-corrected chi connectivity index (χ1v) is 6.87. The Morgan fingerprint density at radius 1 is 1.48 bits per heavy atom. The van der Waals surface area contributed by atoms with Gasteiger partial charge in [-0.3, -0.25) is 9.59 Å². The number of ether oxygens (including phenoxy) is 1. The number of rotatable bonds is 6. The van der Waals surface area contributed by atoms with Gasteiger partial charge in [0.05, 0.1) is 24.8 Å². The number of anilines is 1. The van der Waals surface area contributed by atoms with Crippen molar-refractivity contribution < 1.29 is 19.4 Å². The molecule has 2 atom stereocenters. The number of aromatic nitrogens is 1. The molecule has 0 aliphatic carbocycles. The number of nitrogens with zero attached hydrogens (tertiary/aromatic N) is 2. The first-order valence-electron chi connectivity index (χ1n) is 6.87. The van der Waals surface area contributed by atoms with Crippen LogP contribution in [0.2, 0.25) is 0 Å². The predicted octanol–water partition coefficient (Wildman–Crippen LogP) is 0.496. The molecule has 0 spiro atoms. The summed E-state index contributed by atoms with van der Waals surface area (Å²) in [5, 5.41) is 9.28. The molecule has 3 N–H and O–H groups in total. The lowest BCUT2D eigenvalue weighted by Gasteiger charge is -2.31. The highest BCUT2D eigenvalue weighted by atomic mass is 16.5. The van der Waals surface area contributed by atoms with Gasteiger partial charge in [0.15, 0.2) is 0 Å². The van der Waals surface area contributed by atoms with Gasteiger partial charge in [0.2, 0.25) is 5.91 Å². The third-order valence-electron chi connectivity index (χ3n) is 3.56. The van der Waals surface area contributed by atoms with Gasteiger partial charge in [0, 0.05) is 12.7 Å². The van der Waals surface area contributed by atoms with Gasteiger partial charge in [-0.25, -0.2) is 4.98 Å². The number of hydrogen-bond donors (Lipinski definition) is 2. The van der Waals surface area contributed by atoms with Crippen molar-refractivity contribution in [2.45, 2.75) is 19.4 Å². The summed E-state index contributed by atoms with van der Waals surface area (Å²) in [6.45, 7) is 3.24. The second-order valence-electron chi connectivity index (χ2n) is 5.01. The molecule has 1 saturated heterocycles. The molecule has 7 heteroatoms. The van der Waals surface area contributed by atoms with E-state index in [1.165, 1.54) is 6.20 Å². The molecule has 2 rings (SSSR count). The molecule has 7 nitrogen and oxygen atoms in total. The molecule has 1 aromatic rings. The first-order chi connectivity index (χ1) is 10.0. The number of hydrogen-bond acceptors (Lipinski definition) is 5. The van der Waals surface area contributed by atoms with Crippen molar-refractivity contribution in [2.75, 3.05) is 24.7 Å². The van der Waals surface area contributed by atoms with E-state index >= 15 is 0 Å². The van der Waals surface area contributed by atoms with Gasteiger partial charge in [-0.1, -0.05) is 6.92 Å². The summed E-state index contributed by atoms with van der Waals surface area (Å²) >= 11 is 0. The van der Waals surface area contributed by atoms with Gasteiger partial charge >= 0.3 is 5.97 Å². The molecule has 114 valence electrons. The molecular formula is C14H19N3O4. The zero-order valence-electron chi connectivity index (χ0n) is 11.9. The maximum Gasteiger partial charge on any atom is 0.311 e. The van der Waals surface area contributed by atoms with E-state index in [0.717, 1.165) is 6.42 Å². The molecule has 1 aliphatic rings. The summed E-state index contributed by atoms with van der Waals surface area (Å²) in [5.41, 5.74) is 5.52. The van der Waals surface area contributed by atoms with Crippen LogP contribution in [0.15, 0.2) is 18.3 Å². The quantitative estimate of drug-likeness (QED) is 0.791. The van der Waals surface area contributed by atoms with Crippen LogP contribution >= 0.6 is 0 Å². The summed E-state index contributed by atoms with van der Waals surface area (Å²) in [6.07, 6.45) is 2.26. The fourth-order valence-electron chi connectivity index (χ4n) is 2.48. The highest BCUT2D eigenvalue weighted by Crippen LogP contribution is 2.25. The van der Waals surface area contributed by atoms with Gasteiger partial charge in [-0.2, -0.15) is 0 Å². The zero-order valence-corrected chi connectivity index (χ0v) is 11.9. The first kappa shape index (κ1) is 15.2. The fraction of sp³-hybridized carbons (Fsp3) is 0.500. The van der Waals surface area contributed by atoms with E-state index in [1.54, 1.807) is 12.1 Å². The second-order valence-corrected chi connectivity index (χ2v) is 5.01. The number of carbonyl (C=O) groups is 2. The molecule has 1 aliphatic heterocycles. The number of carboxylic acids is 1. The number of pyridine rings is 1. The minimum Gasteiger partial charge on any atom is -0.481 e. The number of aliphatic carboxylic acids is 1. The molecule has 0 bridgehead atoms. The van der Waals surface area contributed by atoms with E-state index in [2.05, 4.69) is 4.98 Å². The van der Waals surface area contributed by atoms with Crippen LogP contribution in [-0.4, -0.2) is 47.8 Å². The molecule has 1 fully saturated rings. The SMILES string of the molecule is CCCN(c1ccc(C(N)=O)cn1)C1COCC1C(=O)O. The fourth-order valence-corrected chi connectivity index (χ4v) is 2.48. The van der Waals surface area contributed by atoms with Crippen LogP contribution in [0.3, 0.4) is 0 Å². The van der Waals surface area contributed by atoms with Crippen molar-refractivity contribution in [3.63, 3.8) is 0 Å². The van der Waals surface area contributed by atoms with Crippen molar-refractivity contribution in [1.82, 2.24) is 4.98 Å². The third kappa shape index (κ3) is 3.30. The average Bonchev–Trinajstić information content (AvgIpc) is 2.94. The van der Waals surface area contributed by atoms with Crippen LogP contribution in [-0.2, 0) is 9.53 Å². The molecule has 2 heterocycles. The van der Waals surface area contributed by atoms with Crippen LogP contribution in [0, 0.1) is 5.92 Å². The molecule has 0 saturated carbocycles. The highest BCUT2D eigenvalue weighted by molar-refractivity contribution is 5.92. The zero-order chi connectivity index (χ0) is 15.4. The van der Waals surface area contributed by atoms with Crippen LogP contribution < -0.4 is 10.6 Å². The lowest BCUT2D eigenvalue weighted by Crippen LogP contribution is -2.44. The van der Waals surface area contributed by atoms with E-state index in [-0.39, 0.29) is 12.6 Å². The summed E-state index contributed by atoms with van der Waals surface area (Å²) < 4.78 is 5.32. The third-order valence-corrected chi connectivity index (χ3v) is 3.56. The van der Waals surface area contributed by atoms with Gasteiger partial charge in [0.25, 0.3) is 0 Å². The van der Waals surface area contributed by atoms with Crippen molar-refractivity contribution in [1.29, 1.82) is 0 Å². The Kier molecular flexibility index (Phi) is 4.74. The lowest BCUT2D eigenvalue weighted by atomic mass is 10.0. The second kappa shape index (κ2) is 6.53. The van der Waals surface area contributed by atoms with Gasteiger partial charge in [0.1, 0.15) is 11.7 Å². The van der Waals surface area contributed by atoms with Crippen molar-refractivity contribution in [3.8, 4) is 0 Å². The number of nitrogens with two attached hydrogens (primary N) is 1. The van der Waals surface area contributed by atoms with E-state index in [9.17, 15) is 14.7 Å². The molecule has 0 aromatic carbocycles. The van der Waals surface area contributed by atoms with Crippen LogP contribution in [0.5, 0.6) is 0 Å². The Morgan fingerprint density at radius 3 is 2.76 bits per heavy atom. The number of amides is 1. The predicted molar refractivity (Wildman–Crippen MR) is 76.1 cm³/mol. The standard InChI is InChI=1S/C14H19N3O4/c1-2-5-17(11-8-21-7-10(11)14(19)20)12-4-3-9(6-16-12)13(15)18/h3-4,6,10-11H,2,5,7-8H2,1H3,(H2,15,18)(H,19,20).